The molecule has 0 fully saturated rings. The van der Waals surface area contributed by atoms with Crippen LogP contribution in [-0.2, 0) is 10.1 Å². The van der Waals surface area contributed by atoms with Gasteiger partial charge in [-0.3, -0.25) is 4.55 Å². The summed E-state index contributed by atoms with van der Waals surface area (Å²) in [6, 6.07) is 15.4. The maximum atomic E-state index is 11.2. The van der Waals surface area contributed by atoms with Crippen molar-refractivity contribution in [2.24, 2.45) is 0 Å². The van der Waals surface area contributed by atoms with Crippen LogP contribution in [-0.4, -0.2) is 18.1 Å². The van der Waals surface area contributed by atoms with Crippen molar-refractivity contribution in [3.05, 3.63) is 54.6 Å². The van der Waals surface area contributed by atoms with Gasteiger partial charge in [0.1, 0.15) is 4.90 Å². The topological polar surface area (TPSA) is 98.4 Å². The molecule has 0 heterocycles. The molecule has 0 aromatic heterocycles. The average molecular weight is 277 g/mol. The summed E-state index contributed by atoms with van der Waals surface area (Å²) in [5.74, 6) is 0. The number of nitriles is 1. The fraction of sp³-hybridized carbons (Fsp3) is 0. The van der Waals surface area contributed by atoms with Crippen LogP contribution in [0.15, 0.2) is 59.5 Å². The first-order valence-electron chi connectivity index (χ1n) is 5.16. The lowest BCUT2D eigenvalue weighted by atomic mass is 10.1. The minimum absolute atomic E-state index is 0.0683. The Bertz CT molecular complexity index is 675. The number of nitrogens with zero attached hydrogens (tertiary/aromatic N) is 1. The Balaban J connectivity index is 0.000000550. The van der Waals surface area contributed by atoms with Crippen molar-refractivity contribution in [3.8, 4) is 17.4 Å². The van der Waals surface area contributed by atoms with Crippen molar-refractivity contribution in [3.63, 3.8) is 0 Å². The minimum Gasteiger partial charge on any atom is -0.443 e. The van der Waals surface area contributed by atoms with E-state index in [9.17, 15) is 8.42 Å². The molecule has 0 spiro atoms. The highest BCUT2D eigenvalue weighted by molar-refractivity contribution is 7.86. The van der Waals surface area contributed by atoms with Gasteiger partial charge in [-0.25, -0.2) is 0 Å². The molecule has 0 atom stereocenters. The van der Waals surface area contributed by atoms with E-state index < -0.39 is 10.1 Å². The molecular formula is C13H11NO4S. The lowest BCUT2D eigenvalue weighted by Crippen LogP contribution is -2.00. The van der Waals surface area contributed by atoms with E-state index in [1.807, 2.05) is 18.2 Å². The first kappa shape index (κ1) is 14.7. The van der Waals surface area contributed by atoms with Crippen LogP contribution in [0.4, 0.5) is 0 Å². The largest absolute Gasteiger partial charge is 0.443 e. The van der Waals surface area contributed by atoms with Gasteiger partial charge in [0.05, 0.1) is 0 Å². The summed E-state index contributed by atoms with van der Waals surface area (Å²) in [6.07, 6.45) is 0.750. The summed E-state index contributed by atoms with van der Waals surface area (Å²) in [5.41, 5.74) is 1.27. The van der Waals surface area contributed by atoms with Crippen LogP contribution in [0, 0.1) is 11.5 Å². The summed E-state index contributed by atoms with van der Waals surface area (Å²) < 4.78 is 31.5. The van der Waals surface area contributed by atoms with E-state index in [0.29, 0.717) is 5.56 Å². The zero-order valence-electron chi connectivity index (χ0n) is 9.76. The molecule has 98 valence electrons. The zero-order chi connectivity index (χ0) is 14.3. The lowest BCUT2D eigenvalue weighted by molar-refractivity contribution is 0.483. The minimum atomic E-state index is -4.18. The summed E-state index contributed by atoms with van der Waals surface area (Å²) in [7, 11) is -4.18. The third kappa shape index (κ3) is 4.10. The van der Waals surface area contributed by atoms with Gasteiger partial charge in [0.2, 0.25) is 0 Å². The zero-order valence-corrected chi connectivity index (χ0v) is 10.6. The van der Waals surface area contributed by atoms with Crippen molar-refractivity contribution in [1.29, 1.82) is 5.26 Å². The van der Waals surface area contributed by atoms with Crippen molar-refractivity contribution in [2.45, 2.75) is 4.90 Å². The van der Waals surface area contributed by atoms with Gasteiger partial charge in [0, 0.05) is 5.56 Å². The number of aliphatic hydroxyl groups excluding tert-OH is 1. The molecule has 0 aliphatic heterocycles. The van der Waals surface area contributed by atoms with Crippen LogP contribution < -0.4 is 0 Å². The molecular weight excluding hydrogens is 266 g/mol. The molecule has 6 heteroatoms. The molecule has 0 aliphatic carbocycles. The first-order chi connectivity index (χ1) is 9.00. The second-order valence-corrected chi connectivity index (χ2v) is 4.83. The predicted octanol–water partition coefficient (Wildman–Crippen LogP) is 2.44. The maximum Gasteiger partial charge on any atom is 0.295 e. The number of hydrogen-bond donors (Lipinski definition) is 2. The second-order valence-electron chi connectivity index (χ2n) is 3.44. The van der Waals surface area contributed by atoms with E-state index >= 15 is 0 Å². The Kier molecular flexibility index (Phi) is 5.06. The number of rotatable bonds is 2. The van der Waals surface area contributed by atoms with Gasteiger partial charge in [-0.15, -0.1) is 0 Å². The van der Waals surface area contributed by atoms with Crippen LogP contribution in [0.3, 0.4) is 0 Å². The molecule has 0 amide bonds. The molecule has 2 N–H and O–H groups in total. The standard InChI is InChI=1S/C12H10O3S.CHNO/c13-16(14,15)12-9-5-4-8-11(12)10-6-2-1-3-7-10;2-1-3/h1-9H,(H,13,14,15);3H. The normalized spacial score (nSPS) is 9.89. The van der Waals surface area contributed by atoms with E-state index in [1.165, 1.54) is 6.07 Å². The van der Waals surface area contributed by atoms with Gasteiger partial charge >= 0.3 is 0 Å². The van der Waals surface area contributed by atoms with Gasteiger partial charge in [0.15, 0.2) is 0 Å². The van der Waals surface area contributed by atoms with Gasteiger partial charge < -0.3 is 5.11 Å². The summed E-state index contributed by atoms with van der Waals surface area (Å²) in [6.45, 7) is 0. The smallest absolute Gasteiger partial charge is 0.295 e. The first-order valence-corrected chi connectivity index (χ1v) is 6.60. The Morgan fingerprint density at radius 1 is 0.947 bits per heavy atom. The molecule has 0 saturated carbocycles. The monoisotopic (exact) mass is 277 g/mol. The third-order valence-electron chi connectivity index (χ3n) is 2.25. The highest BCUT2D eigenvalue weighted by Crippen LogP contribution is 2.26. The van der Waals surface area contributed by atoms with Crippen LogP contribution in [0.25, 0.3) is 11.1 Å². The molecule has 5 nitrogen and oxygen atoms in total. The van der Waals surface area contributed by atoms with E-state index in [-0.39, 0.29) is 4.90 Å². The summed E-state index contributed by atoms with van der Waals surface area (Å²) in [4.78, 5) is -0.0683. The molecule has 2 aromatic rings. The second kappa shape index (κ2) is 6.54. The third-order valence-corrected chi connectivity index (χ3v) is 3.16. The Morgan fingerprint density at radius 3 is 1.95 bits per heavy atom. The average Bonchev–Trinajstić information content (AvgIpc) is 2.40. The maximum absolute atomic E-state index is 11.2. The van der Waals surface area contributed by atoms with Crippen LogP contribution >= 0.6 is 0 Å². The van der Waals surface area contributed by atoms with Gasteiger partial charge in [-0.05, 0) is 11.6 Å². The molecule has 0 saturated heterocycles. The van der Waals surface area contributed by atoms with Gasteiger partial charge in [-0.2, -0.15) is 13.7 Å². The van der Waals surface area contributed by atoms with E-state index in [0.717, 1.165) is 11.8 Å². The van der Waals surface area contributed by atoms with Crippen molar-refractivity contribution < 1.29 is 18.1 Å². The van der Waals surface area contributed by atoms with E-state index in [1.54, 1.807) is 30.3 Å². The van der Waals surface area contributed by atoms with Crippen molar-refractivity contribution >= 4 is 10.1 Å². The Morgan fingerprint density at radius 2 is 1.42 bits per heavy atom. The van der Waals surface area contributed by atoms with Crippen molar-refractivity contribution in [1.82, 2.24) is 0 Å². The Labute approximate surface area is 111 Å². The fourth-order valence-electron chi connectivity index (χ4n) is 1.55. The molecule has 0 unspecified atom stereocenters. The van der Waals surface area contributed by atoms with Crippen LogP contribution in [0.2, 0.25) is 0 Å². The molecule has 0 bridgehead atoms. The summed E-state index contributed by atoms with van der Waals surface area (Å²) in [5, 5.41) is 13.8. The van der Waals surface area contributed by atoms with Gasteiger partial charge in [-0.1, -0.05) is 48.5 Å². The highest BCUT2D eigenvalue weighted by Gasteiger charge is 2.15. The van der Waals surface area contributed by atoms with Crippen LogP contribution in [0.1, 0.15) is 0 Å². The highest BCUT2D eigenvalue weighted by atomic mass is 32.2. The fourth-order valence-corrected chi connectivity index (χ4v) is 2.26. The molecule has 2 aromatic carbocycles. The molecule has 0 radical (unpaired) electrons. The predicted molar refractivity (Wildman–Crippen MR) is 69.2 cm³/mol. The summed E-state index contributed by atoms with van der Waals surface area (Å²) >= 11 is 0. The van der Waals surface area contributed by atoms with Gasteiger partial charge in [0.25, 0.3) is 16.4 Å². The van der Waals surface area contributed by atoms with E-state index in [2.05, 4.69) is 0 Å². The lowest BCUT2D eigenvalue weighted by Gasteiger charge is -2.06. The SMILES string of the molecule is N#CO.O=S(=O)(O)c1ccccc1-c1ccccc1. The molecule has 2 rings (SSSR count). The Hall–Kier alpha value is -2.36. The quantitative estimate of drug-likeness (QED) is 0.649. The number of hydrogen-bond acceptors (Lipinski definition) is 4. The number of benzene rings is 2. The molecule has 0 aliphatic rings. The van der Waals surface area contributed by atoms with Crippen molar-refractivity contribution in [2.75, 3.05) is 0 Å². The van der Waals surface area contributed by atoms with Crippen LogP contribution in [0.5, 0.6) is 0 Å². The van der Waals surface area contributed by atoms with E-state index in [4.69, 9.17) is 14.9 Å². The number of aliphatic hydroxyl groups is 1. The molecule has 19 heavy (non-hydrogen) atoms.